The monoisotopic (exact) mass is 401 g/mol. The predicted octanol–water partition coefficient (Wildman–Crippen LogP) is 4.03. The van der Waals surface area contributed by atoms with Gasteiger partial charge in [0.2, 0.25) is 5.96 Å². The summed E-state index contributed by atoms with van der Waals surface area (Å²) in [4.78, 5) is 17.2. The standard InChI is InChI=1S/C21H24ClN3O3/c1-14-5-10-19(27-2)18(12-14)24-21(23-13-17-4-3-11-28-17)25-20(26)15-6-8-16(22)9-7-15/h5-10,12,17H,3-4,11,13H2,1-2H3,(H2,23,24,25,26)/t17-/m1/s1. The van der Waals surface area contributed by atoms with Crippen LogP contribution in [0.15, 0.2) is 47.5 Å². The van der Waals surface area contributed by atoms with Crippen LogP contribution in [0, 0.1) is 6.92 Å². The van der Waals surface area contributed by atoms with Gasteiger partial charge in [-0.05, 0) is 61.7 Å². The molecule has 0 unspecified atom stereocenters. The molecule has 148 valence electrons. The summed E-state index contributed by atoms with van der Waals surface area (Å²) in [7, 11) is 1.60. The second-order valence-corrected chi connectivity index (χ2v) is 7.05. The van der Waals surface area contributed by atoms with Crippen molar-refractivity contribution in [1.29, 1.82) is 0 Å². The van der Waals surface area contributed by atoms with Crippen LogP contribution in [0.3, 0.4) is 0 Å². The lowest BCUT2D eigenvalue weighted by atomic mass is 10.2. The Morgan fingerprint density at radius 3 is 2.75 bits per heavy atom. The topological polar surface area (TPSA) is 71.9 Å². The van der Waals surface area contributed by atoms with Crippen molar-refractivity contribution < 1.29 is 14.3 Å². The first-order chi connectivity index (χ1) is 13.5. The van der Waals surface area contributed by atoms with E-state index in [4.69, 9.17) is 21.1 Å². The molecule has 0 spiro atoms. The number of nitrogens with zero attached hydrogens (tertiary/aromatic N) is 1. The Kier molecular flexibility index (Phi) is 6.90. The zero-order valence-electron chi connectivity index (χ0n) is 16.0. The van der Waals surface area contributed by atoms with Crippen molar-refractivity contribution in [2.24, 2.45) is 4.99 Å². The van der Waals surface area contributed by atoms with Crippen LogP contribution in [0.25, 0.3) is 0 Å². The number of guanidine groups is 1. The number of aliphatic imine (C=N–C) groups is 1. The Balaban J connectivity index is 1.80. The summed E-state index contributed by atoms with van der Waals surface area (Å²) in [6.07, 6.45) is 2.07. The number of methoxy groups -OCH3 is 1. The SMILES string of the molecule is COc1ccc(C)cc1NC(=NC[C@H]1CCCO1)NC(=O)c1ccc(Cl)cc1. The molecule has 0 aliphatic carbocycles. The average Bonchev–Trinajstić information content (AvgIpc) is 3.20. The molecular formula is C21H24ClN3O3. The molecule has 2 N–H and O–H groups in total. The molecule has 0 bridgehead atoms. The molecule has 1 saturated heterocycles. The predicted molar refractivity (Wildman–Crippen MR) is 112 cm³/mol. The van der Waals surface area contributed by atoms with Crippen molar-refractivity contribution in [1.82, 2.24) is 5.32 Å². The first kappa shape index (κ1) is 20.2. The number of rotatable bonds is 5. The summed E-state index contributed by atoms with van der Waals surface area (Å²) in [5, 5.41) is 6.60. The third-order valence-corrected chi connectivity index (χ3v) is 4.68. The normalized spacial score (nSPS) is 16.7. The molecular weight excluding hydrogens is 378 g/mol. The van der Waals surface area contributed by atoms with Gasteiger partial charge in [-0.25, -0.2) is 4.99 Å². The van der Waals surface area contributed by atoms with E-state index < -0.39 is 0 Å². The molecule has 28 heavy (non-hydrogen) atoms. The number of anilines is 1. The smallest absolute Gasteiger partial charge is 0.257 e. The fraction of sp³-hybridized carbons (Fsp3) is 0.333. The number of carbonyl (C=O) groups is 1. The van der Waals surface area contributed by atoms with Crippen LogP contribution < -0.4 is 15.4 Å². The first-order valence-electron chi connectivity index (χ1n) is 9.20. The summed E-state index contributed by atoms with van der Waals surface area (Å²) in [5.41, 5.74) is 2.28. The fourth-order valence-electron chi connectivity index (χ4n) is 2.92. The van der Waals surface area contributed by atoms with Gasteiger partial charge in [-0.15, -0.1) is 0 Å². The van der Waals surface area contributed by atoms with Crippen molar-refractivity contribution in [2.45, 2.75) is 25.9 Å². The number of hydrogen-bond donors (Lipinski definition) is 2. The second-order valence-electron chi connectivity index (χ2n) is 6.61. The highest BCUT2D eigenvalue weighted by Crippen LogP contribution is 2.25. The maximum Gasteiger partial charge on any atom is 0.257 e. The molecule has 0 saturated carbocycles. The van der Waals surface area contributed by atoms with Gasteiger partial charge in [0.05, 0.1) is 25.4 Å². The number of hydrogen-bond acceptors (Lipinski definition) is 4. The summed E-state index contributed by atoms with van der Waals surface area (Å²) >= 11 is 5.90. The molecule has 7 heteroatoms. The minimum atomic E-state index is -0.276. The van der Waals surface area contributed by atoms with Crippen molar-refractivity contribution in [3.63, 3.8) is 0 Å². The molecule has 3 rings (SSSR count). The Bertz CT molecular complexity index is 846. The van der Waals surface area contributed by atoms with E-state index in [1.54, 1.807) is 31.4 Å². The van der Waals surface area contributed by atoms with Gasteiger partial charge in [0.25, 0.3) is 5.91 Å². The lowest BCUT2D eigenvalue weighted by Gasteiger charge is -2.16. The molecule has 1 aliphatic heterocycles. The molecule has 1 aliphatic rings. The highest BCUT2D eigenvalue weighted by atomic mass is 35.5. The van der Waals surface area contributed by atoms with E-state index in [0.717, 1.165) is 30.7 Å². The average molecular weight is 402 g/mol. The minimum absolute atomic E-state index is 0.0728. The van der Waals surface area contributed by atoms with Crippen LogP contribution >= 0.6 is 11.6 Å². The number of nitrogens with one attached hydrogen (secondary N) is 2. The third-order valence-electron chi connectivity index (χ3n) is 4.42. The lowest BCUT2D eigenvalue weighted by molar-refractivity contribution is 0.0975. The van der Waals surface area contributed by atoms with Gasteiger partial charge in [0.1, 0.15) is 5.75 Å². The maximum absolute atomic E-state index is 12.6. The Hall–Kier alpha value is -2.57. The zero-order valence-corrected chi connectivity index (χ0v) is 16.8. The van der Waals surface area contributed by atoms with E-state index in [1.165, 1.54) is 0 Å². The van der Waals surface area contributed by atoms with Gasteiger partial charge in [-0.1, -0.05) is 17.7 Å². The quantitative estimate of drug-likeness (QED) is 0.586. The summed E-state index contributed by atoms with van der Waals surface area (Å²) in [5.74, 6) is 0.734. The molecule has 1 atom stereocenters. The number of benzene rings is 2. The molecule has 0 radical (unpaired) electrons. The summed E-state index contributed by atoms with van der Waals surface area (Å²) in [6.45, 7) is 3.21. The Morgan fingerprint density at radius 2 is 2.07 bits per heavy atom. The molecule has 1 amide bonds. The maximum atomic E-state index is 12.6. The van der Waals surface area contributed by atoms with Crippen LogP contribution in [0.4, 0.5) is 5.69 Å². The van der Waals surface area contributed by atoms with E-state index >= 15 is 0 Å². The number of aryl methyl sites for hydroxylation is 1. The molecule has 1 heterocycles. The van der Waals surface area contributed by atoms with Gasteiger partial charge in [0.15, 0.2) is 0 Å². The summed E-state index contributed by atoms with van der Waals surface area (Å²) < 4.78 is 11.0. The number of amides is 1. The van der Waals surface area contributed by atoms with Crippen LogP contribution in [-0.4, -0.2) is 38.2 Å². The van der Waals surface area contributed by atoms with Gasteiger partial charge >= 0.3 is 0 Å². The van der Waals surface area contributed by atoms with E-state index in [0.29, 0.717) is 28.8 Å². The van der Waals surface area contributed by atoms with Crippen molar-refractivity contribution >= 4 is 29.2 Å². The van der Waals surface area contributed by atoms with E-state index in [2.05, 4.69) is 15.6 Å². The molecule has 0 aromatic heterocycles. The van der Waals surface area contributed by atoms with Crippen LogP contribution in [-0.2, 0) is 4.74 Å². The van der Waals surface area contributed by atoms with Crippen LogP contribution in [0.5, 0.6) is 5.75 Å². The molecule has 2 aromatic carbocycles. The van der Waals surface area contributed by atoms with Crippen LogP contribution in [0.1, 0.15) is 28.8 Å². The first-order valence-corrected chi connectivity index (χ1v) is 9.57. The Labute approximate surface area is 169 Å². The van der Waals surface area contributed by atoms with Gasteiger partial charge in [-0.3, -0.25) is 10.1 Å². The Morgan fingerprint density at radius 1 is 1.29 bits per heavy atom. The number of carbonyl (C=O) groups excluding carboxylic acids is 1. The second kappa shape index (κ2) is 9.57. The highest BCUT2D eigenvalue weighted by Gasteiger charge is 2.17. The van der Waals surface area contributed by atoms with Crippen molar-refractivity contribution in [3.05, 3.63) is 58.6 Å². The van der Waals surface area contributed by atoms with Gasteiger partial charge < -0.3 is 14.8 Å². The van der Waals surface area contributed by atoms with Crippen molar-refractivity contribution in [3.8, 4) is 5.75 Å². The third kappa shape index (κ3) is 5.47. The molecule has 1 fully saturated rings. The minimum Gasteiger partial charge on any atom is -0.495 e. The fourth-order valence-corrected chi connectivity index (χ4v) is 3.05. The number of halogens is 1. The van der Waals surface area contributed by atoms with Crippen molar-refractivity contribution in [2.75, 3.05) is 25.6 Å². The van der Waals surface area contributed by atoms with Gasteiger partial charge in [-0.2, -0.15) is 0 Å². The van der Waals surface area contributed by atoms with E-state index in [-0.39, 0.29) is 12.0 Å². The highest BCUT2D eigenvalue weighted by molar-refractivity contribution is 6.30. The summed E-state index contributed by atoms with van der Waals surface area (Å²) in [6, 6.07) is 12.5. The lowest BCUT2D eigenvalue weighted by Crippen LogP contribution is -2.36. The largest absolute Gasteiger partial charge is 0.495 e. The van der Waals surface area contributed by atoms with E-state index in [9.17, 15) is 4.79 Å². The van der Waals surface area contributed by atoms with Crippen LogP contribution in [0.2, 0.25) is 5.02 Å². The zero-order chi connectivity index (χ0) is 19.9. The number of ether oxygens (including phenoxy) is 2. The molecule has 2 aromatic rings. The van der Waals surface area contributed by atoms with Gasteiger partial charge in [0, 0.05) is 17.2 Å². The molecule has 6 nitrogen and oxygen atoms in total. The van der Waals surface area contributed by atoms with E-state index in [1.807, 2.05) is 25.1 Å².